The van der Waals surface area contributed by atoms with Crippen molar-refractivity contribution in [3.63, 3.8) is 0 Å². The van der Waals surface area contributed by atoms with Crippen LogP contribution in [-0.4, -0.2) is 4.98 Å². The van der Waals surface area contributed by atoms with E-state index in [1.165, 1.54) is 22.4 Å². The highest BCUT2D eigenvalue weighted by molar-refractivity contribution is 5.63. The van der Waals surface area contributed by atoms with E-state index >= 15 is 0 Å². The van der Waals surface area contributed by atoms with Crippen LogP contribution in [-0.2, 0) is 0 Å². The molecule has 1 heterocycles. The van der Waals surface area contributed by atoms with Gasteiger partial charge in [0.05, 0.1) is 0 Å². The van der Waals surface area contributed by atoms with Crippen LogP contribution >= 0.6 is 0 Å². The van der Waals surface area contributed by atoms with Crippen LogP contribution in [0.4, 0.5) is 0 Å². The Labute approximate surface area is 105 Å². The third-order valence-corrected chi connectivity index (χ3v) is 2.74. The van der Waals surface area contributed by atoms with Gasteiger partial charge in [-0.1, -0.05) is 52.0 Å². The van der Waals surface area contributed by atoms with Crippen molar-refractivity contribution < 1.29 is 0 Å². The zero-order valence-electron chi connectivity index (χ0n) is 11.5. The minimum atomic E-state index is 0.604. The molecule has 0 aliphatic rings. The monoisotopic (exact) mass is 229 g/mol. The van der Waals surface area contributed by atoms with Crippen LogP contribution in [0.3, 0.4) is 0 Å². The van der Waals surface area contributed by atoms with Crippen LogP contribution in [0.5, 0.6) is 0 Å². The van der Waals surface area contributed by atoms with Gasteiger partial charge in [-0.05, 0) is 35.6 Å². The predicted octanol–water partition coefficient (Wildman–Crippen LogP) is 5.14. The standard InChI is InChI=1S/C14H17N.C2H6/c1-10(2)12-4-6-13(7-5-12)14-8-11(3)15-9-14;1-2/h4-10,15H,1-3H3;1-2H3. The van der Waals surface area contributed by atoms with Crippen molar-refractivity contribution in [3.8, 4) is 11.1 Å². The highest BCUT2D eigenvalue weighted by Crippen LogP contribution is 2.22. The molecule has 0 aliphatic heterocycles. The minimum absolute atomic E-state index is 0.604. The molecule has 0 aliphatic carbocycles. The fourth-order valence-electron chi connectivity index (χ4n) is 1.74. The highest BCUT2D eigenvalue weighted by atomic mass is 14.7. The maximum atomic E-state index is 3.20. The predicted molar refractivity (Wildman–Crippen MR) is 76.4 cm³/mol. The number of H-pyrrole nitrogens is 1. The second kappa shape index (κ2) is 6.29. The summed E-state index contributed by atoms with van der Waals surface area (Å²) >= 11 is 0. The Morgan fingerprint density at radius 1 is 0.941 bits per heavy atom. The molecule has 0 saturated heterocycles. The Bertz CT molecular complexity index is 435. The Hall–Kier alpha value is -1.50. The number of aromatic nitrogens is 1. The number of aryl methyl sites for hydroxylation is 1. The number of rotatable bonds is 2. The average molecular weight is 229 g/mol. The zero-order chi connectivity index (χ0) is 12.8. The molecule has 92 valence electrons. The molecule has 0 bridgehead atoms. The Morgan fingerprint density at radius 2 is 1.53 bits per heavy atom. The highest BCUT2D eigenvalue weighted by Gasteiger charge is 2.01. The van der Waals surface area contributed by atoms with E-state index in [4.69, 9.17) is 0 Å². The molecule has 0 saturated carbocycles. The van der Waals surface area contributed by atoms with Crippen molar-refractivity contribution in [1.29, 1.82) is 0 Å². The van der Waals surface area contributed by atoms with Crippen LogP contribution < -0.4 is 0 Å². The number of hydrogen-bond acceptors (Lipinski definition) is 0. The first kappa shape index (κ1) is 13.6. The van der Waals surface area contributed by atoms with Crippen LogP contribution in [0.1, 0.15) is 44.9 Å². The lowest BCUT2D eigenvalue weighted by Gasteiger charge is -2.05. The second-order valence-corrected chi connectivity index (χ2v) is 4.35. The summed E-state index contributed by atoms with van der Waals surface area (Å²) < 4.78 is 0. The van der Waals surface area contributed by atoms with Crippen molar-refractivity contribution in [3.05, 3.63) is 47.8 Å². The molecule has 17 heavy (non-hydrogen) atoms. The summed E-state index contributed by atoms with van der Waals surface area (Å²) in [4.78, 5) is 3.20. The van der Waals surface area contributed by atoms with Crippen molar-refractivity contribution in [2.24, 2.45) is 0 Å². The first-order valence-electron chi connectivity index (χ1n) is 6.42. The Kier molecular flexibility index (Phi) is 5.02. The number of nitrogens with one attached hydrogen (secondary N) is 1. The van der Waals surface area contributed by atoms with Gasteiger partial charge in [-0.3, -0.25) is 0 Å². The zero-order valence-corrected chi connectivity index (χ0v) is 11.5. The lowest BCUT2D eigenvalue weighted by Crippen LogP contribution is -1.85. The maximum Gasteiger partial charge on any atom is 0.0121 e. The lowest BCUT2D eigenvalue weighted by molar-refractivity contribution is 0.867. The molecule has 0 spiro atoms. The van der Waals surface area contributed by atoms with E-state index in [0.29, 0.717) is 5.92 Å². The summed E-state index contributed by atoms with van der Waals surface area (Å²) in [5, 5.41) is 0. The molecule has 2 aromatic rings. The number of aromatic amines is 1. The van der Waals surface area contributed by atoms with Crippen molar-refractivity contribution in [2.45, 2.75) is 40.5 Å². The molecular formula is C16H23N. The van der Waals surface area contributed by atoms with E-state index in [2.05, 4.69) is 62.3 Å². The van der Waals surface area contributed by atoms with E-state index in [1.54, 1.807) is 0 Å². The largest absolute Gasteiger partial charge is 0.365 e. The quantitative estimate of drug-likeness (QED) is 0.734. The van der Waals surface area contributed by atoms with Gasteiger partial charge in [-0.25, -0.2) is 0 Å². The third kappa shape index (κ3) is 3.48. The van der Waals surface area contributed by atoms with Gasteiger partial charge in [0.2, 0.25) is 0 Å². The number of hydrogen-bond donors (Lipinski definition) is 1. The smallest absolute Gasteiger partial charge is 0.0121 e. The van der Waals surface area contributed by atoms with Crippen LogP contribution in [0.15, 0.2) is 36.5 Å². The van der Waals surface area contributed by atoms with Gasteiger partial charge >= 0.3 is 0 Å². The fourth-order valence-corrected chi connectivity index (χ4v) is 1.74. The van der Waals surface area contributed by atoms with Crippen LogP contribution in [0.2, 0.25) is 0 Å². The van der Waals surface area contributed by atoms with E-state index in [0.717, 1.165) is 0 Å². The summed E-state index contributed by atoms with van der Waals surface area (Å²) in [6.07, 6.45) is 2.06. The molecule has 1 aromatic carbocycles. The first-order valence-corrected chi connectivity index (χ1v) is 6.42. The summed E-state index contributed by atoms with van der Waals surface area (Å²) in [5.74, 6) is 0.604. The van der Waals surface area contributed by atoms with Crippen molar-refractivity contribution in [2.75, 3.05) is 0 Å². The van der Waals surface area contributed by atoms with E-state index in [1.807, 2.05) is 13.8 Å². The molecule has 0 amide bonds. The maximum absolute atomic E-state index is 3.20. The van der Waals surface area contributed by atoms with Gasteiger partial charge in [-0.2, -0.15) is 0 Å². The summed E-state index contributed by atoms with van der Waals surface area (Å²) in [6.45, 7) is 10.5. The summed E-state index contributed by atoms with van der Waals surface area (Å²) in [6, 6.07) is 11.0. The Morgan fingerprint density at radius 3 is 1.94 bits per heavy atom. The molecule has 0 atom stereocenters. The summed E-state index contributed by atoms with van der Waals surface area (Å²) in [5.41, 5.74) is 5.15. The van der Waals surface area contributed by atoms with Gasteiger partial charge in [0.1, 0.15) is 0 Å². The molecule has 1 nitrogen and oxygen atoms in total. The minimum Gasteiger partial charge on any atom is -0.365 e. The molecule has 0 radical (unpaired) electrons. The molecule has 0 unspecified atom stereocenters. The normalized spacial score (nSPS) is 10.0. The summed E-state index contributed by atoms with van der Waals surface area (Å²) in [7, 11) is 0. The van der Waals surface area contributed by atoms with E-state index < -0.39 is 0 Å². The van der Waals surface area contributed by atoms with Gasteiger partial charge in [0.15, 0.2) is 0 Å². The van der Waals surface area contributed by atoms with E-state index in [-0.39, 0.29) is 0 Å². The molecular weight excluding hydrogens is 206 g/mol. The van der Waals surface area contributed by atoms with Gasteiger partial charge in [-0.15, -0.1) is 0 Å². The van der Waals surface area contributed by atoms with E-state index in [9.17, 15) is 0 Å². The van der Waals surface area contributed by atoms with Crippen LogP contribution in [0.25, 0.3) is 11.1 Å². The van der Waals surface area contributed by atoms with Crippen molar-refractivity contribution >= 4 is 0 Å². The average Bonchev–Trinajstić information content (AvgIpc) is 2.79. The first-order chi connectivity index (χ1) is 8.16. The molecule has 1 heteroatoms. The van der Waals surface area contributed by atoms with Crippen molar-refractivity contribution in [1.82, 2.24) is 4.98 Å². The second-order valence-electron chi connectivity index (χ2n) is 4.35. The molecule has 1 aromatic heterocycles. The van der Waals surface area contributed by atoms with Crippen LogP contribution in [0, 0.1) is 6.92 Å². The molecule has 0 fully saturated rings. The fraction of sp³-hybridized carbons (Fsp3) is 0.375. The Balaban J connectivity index is 0.000000686. The molecule has 1 N–H and O–H groups in total. The number of benzene rings is 1. The molecule has 2 rings (SSSR count). The van der Waals surface area contributed by atoms with Gasteiger partial charge in [0.25, 0.3) is 0 Å². The SMILES string of the molecule is CC.Cc1cc(-c2ccc(C(C)C)cc2)c[nH]1. The lowest BCUT2D eigenvalue weighted by atomic mass is 10.00. The van der Waals surface area contributed by atoms with Gasteiger partial charge < -0.3 is 4.98 Å². The van der Waals surface area contributed by atoms with Gasteiger partial charge in [0, 0.05) is 11.9 Å². The third-order valence-electron chi connectivity index (χ3n) is 2.74. The topological polar surface area (TPSA) is 15.8 Å².